The van der Waals surface area contributed by atoms with Crippen molar-refractivity contribution >= 4 is 5.82 Å². The molecule has 1 saturated heterocycles. The number of piperidine rings is 1. The van der Waals surface area contributed by atoms with E-state index in [0.29, 0.717) is 12.6 Å². The number of rotatable bonds is 2. The normalized spacial score (nSPS) is 25.1. The summed E-state index contributed by atoms with van der Waals surface area (Å²) in [6.07, 6.45) is 2.39. The molecule has 0 bridgehead atoms. The lowest BCUT2D eigenvalue weighted by atomic mass is 9.92. The highest BCUT2D eigenvalue weighted by Gasteiger charge is 2.26. The molecular formula is C13H22N4. The first kappa shape index (κ1) is 12.3. The van der Waals surface area contributed by atoms with Crippen molar-refractivity contribution in [2.75, 3.05) is 18.0 Å². The maximum atomic E-state index is 5.88. The van der Waals surface area contributed by atoms with Gasteiger partial charge in [-0.25, -0.2) is 9.97 Å². The van der Waals surface area contributed by atoms with E-state index in [1.807, 2.05) is 13.8 Å². The SMILES string of the molecule is Cc1cc(N2CCC(C)CC2CN)nc(C)n1. The molecule has 1 aliphatic heterocycles. The van der Waals surface area contributed by atoms with Crippen LogP contribution in [-0.4, -0.2) is 29.1 Å². The highest BCUT2D eigenvalue weighted by molar-refractivity contribution is 5.41. The van der Waals surface area contributed by atoms with Gasteiger partial charge in [-0.2, -0.15) is 0 Å². The van der Waals surface area contributed by atoms with E-state index in [-0.39, 0.29) is 0 Å². The van der Waals surface area contributed by atoms with Gasteiger partial charge in [0.15, 0.2) is 0 Å². The zero-order chi connectivity index (χ0) is 12.4. The first-order valence-electron chi connectivity index (χ1n) is 6.39. The van der Waals surface area contributed by atoms with Gasteiger partial charge >= 0.3 is 0 Å². The summed E-state index contributed by atoms with van der Waals surface area (Å²) in [5.74, 6) is 2.65. The Morgan fingerprint density at radius 3 is 2.82 bits per heavy atom. The van der Waals surface area contributed by atoms with E-state index in [9.17, 15) is 0 Å². The van der Waals surface area contributed by atoms with Crippen LogP contribution in [0.1, 0.15) is 31.3 Å². The van der Waals surface area contributed by atoms with E-state index < -0.39 is 0 Å². The number of nitrogens with zero attached hydrogens (tertiary/aromatic N) is 3. The molecule has 1 fully saturated rings. The molecule has 0 aliphatic carbocycles. The molecule has 0 spiro atoms. The largest absolute Gasteiger partial charge is 0.352 e. The second kappa shape index (κ2) is 5.00. The molecule has 1 aromatic rings. The Morgan fingerprint density at radius 1 is 1.41 bits per heavy atom. The first-order chi connectivity index (χ1) is 8.10. The topological polar surface area (TPSA) is 55.0 Å². The van der Waals surface area contributed by atoms with Crippen molar-refractivity contribution in [1.29, 1.82) is 0 Å². The lowest BCUT2D eigenvalue weighted by molar-refractivity contribution is 0.364. The molecule has 0 aromatic carbocycles. The van der Waals surface area contributed by atoms with Crippen LogP contribution in [0.15, 0.2) is 6.07 Å². The minimum absolute atomic E-state index is 0.424. The predicted octanol–water partition coefficient (Wildman–Crippen LogP) is 1.66. The van der Waals surface area contributed by atoms with Crippen molar-refractivity contribution < 1.29 is 0 Å². The Kier molecular flexibility index (Phi) is 3.62. The van der Waals surface area contributed by atoms with Crippen LogP contribution in [0.5, 0.6) is 0 Å². The molecule has 2 heterocycles. The molecular weight excluding hydrogens is 212 g/mol. The first-order valence-corrected chi connectivity index (χ1v) is 6.39. The zero-order valence-electron chi connectivity index (χ0n) is 11.0. The molecule has 4 nitrogen and oxygen atoms in total. The monoisotopic (exact) mass is 234 g/mol. The van der Waals surface area contributed by atoms with Crippen LogP contribution >= 0.6 is 0 Å². The average molecular weight is 234 g/mol. The van der Waals surface area contributed by atoms with Gasteiger partial charge in [0.2, 0.25) is 0 Å². The quantitative estimate of drug-likeness (QED) is 0.845. The van der Waals surface area contributed by atoms with Crippen molar-refractivity contribution in [2.45, 2.75) is 39.7 Å². The summed E-state index contributed by atoms with van der Waals surface area (Å²) in [4.78, 5) is 11.2. The van der Waals surface area contributed by atoms with Crippen LogP contribution in [0.25, 0.3) is 0 Å². The maximum absolute atomic E-state index is 5.88. The molecule has 0 radical (unpaired) electrons. The fourth-order valence-corrected chi connectivity index (χ4v) is 2.62. The highest BCUT2D eigenvalue weighted by Crippen LogP contribution is 2.26. The Morgan fingerprint density at radius 2 is 2.18 bits per heavy atom. The minimum atomic E-state index is 0.424. The summed E-state index contributed by atoms with van der Waals surface area (Å²) in [6, 6.07) is 2.48. The fraction of sp³-hybridized carbons (Fsp3) is 0.692. The van der Waals surface area contributed by atoms with Gasteiger partial charge in [0.05, 0.1) is 0 Å². The molecule has 17 heavy (non-hydrogen) atoms. The molecule has 94 valence electrons. The summed E-state index contributed by atoms with van der Waals surface area (Å²) in [5, 5.41) is 0. The number of aryl methyl sites for hydroxylation is 2. The van der Waals surface area contributed by atoms with Gasteiger partial charge in [-0.3, -0.25) is 0 Å². The summed E-state index contributed by atoms with van der Waals surface area (Å²) in [6.45, 7) is 8.02. The number of hydrogen-bond acceptors (Lipinski definition) is 4. The minimum Gasteiger partial charge on any atom is -0.352 e. The van der Waals surface area contributed by atoms with E-state index in [4.69, 9.17) is 5.73 Å². The average Bonchev–Trinajstić information content (AvgIpc) is 2.27. The summed E-state index contributed by atoms with van der Waals surface area (Å²) >= 11 is 0. The molecule has 4 heteroatoms. The Bertz CT molecular complexity index is 371. The second-order valence-corrected chi connectivity index (χ2v) is 5.13. The van der Waals surface area contributed by atoms with Gasteiger partial charge < -0.3 is 10.6 Å². The van der Waals surface area contributed by atoms with Gasteiger partial charge in [0.1, 0.15) is 11.6 Å². The molecule has 2 N–H and O–H groups in total. The lowest BCUT2D eigenvalue weighted by Crippen LogP contribution is -2.46. The predicted molar refractivity (Wildman–Crippen MR) is 70.1 cm³/mol. The molecule has 1 aliphatic rings. The van der Waals surface area contributed by atoms with Gasteiger partial charge in [-0.15, -0.1) is 0 Å². The molecule has 2 unspecified atom stereocenters. The molecule has 1 aromatic heterocycles. The molecule has 0 saturated carbocycles. The van der Waals surface area contributed by atoms with Gasteiger partial charge in [0.25, 0.3) is 0 Å². The van der Waals surface area contributed by atoms with E-state index in [0.717, 1.165) is 29.8 Å². The third-order valence-electron chi connectivity index (χ3n) is 3.50. The Labute approximate surface area is 103 Å². The highest BCUT2D eigenvalue weighted by atomic mass is 15.2. The van der Waals surface area contributed by atoms with Crippen molar-refractivity contribution in [3.05, 3.63) is 17.6 Å². The van der Waals surface area contributed by atoms with Crippen molar-refractivity contribution in [1.82, 2.24) is 9.97 Å². The van der Waals surface area contributed by atoms with E-state index in [2.05, 4.69) is 27.9 Å². The van der Waals surface area contributed by atoms with Crippen LogP contribution in [0.4, 0.5) is 5.82 Å². The van der Waals surface area contributed by atoms with Crippen LogP contribution in [0.2, 0.25) is 0 Å². The van der Waals surface area contributed by atoms with E-state index in [1.165, 1.54) is 12.8 Å². The third-order valence-corrected chi connectivity index (χ3v) is 3.50. The molecule has 0 amide bonds. The van der Waals surface area contributed by atoms with Gasteiger partial charge in [0, 0.05) is 30.9 Å². The fourth-order valence-electron chi connectivity index (χ4n) is 2.62. The second-order valence-electron chi connectivity index (χ2n) is 5.13. The summed E-state index contributed by atoms with van der Waals surface area (Å²) in [5.41, 5.74) is 6.91. The van der Waals surface area contributed by atoms with Crippen LogP contribution in [-0.2, 0) is 0 Å². The number of hydrogen-bond donors (Lipinski definition) is 1. The Balaban J connectivity index is 2.25. The van der Waals surface area contributed by atoms with Gasteiger partial charge in [-0.1, -0.05) is 6.92 Å². The Hall–Kier alpha value is -1.16. The van der Waals surface area contributed by atoms with Crippen molar-refractivity contribution in [3.63, 3.8) is 0 Å². The standard InChI is InChI=1S/C13H22N4/c1-9-4-5-17(12(6-9)8-14)13-7-10(2)15-11(3)16-13/h7,9,12H,4-6,8,14H2,1-3H3. The van der Waals surface area contributed by atoms with E-state index in [1.54, 1.807) is 0 Å². The molecule has 2 atom stereocenters. The number of nitrogens with two attached hydrogens (primary N) is 1. The lowest BCUT2D eigenvalue weighted by Gasteiger charge is -2.38. The maximum Gasteiger partial charge on any atom is 0.132 e. The summed E-state index contributed by atoms with van der Waals surface area (Å²) < 4.78 is 0. The summed E-state index contributed by atoms with van der Waals surface area (Å²) in [7, 11) is 0. The van der Waals surface area contributed by atoms with E-state index >= 15 is 0 Å². The van der Waals surface area contributed by atoms with Crippen molar-refractivity contribution in [3.8, 4) is 0 Å². The third kappa shape index (κ3) is 2.75. The van der Waals surface area contributed by atoms with Gasteiger partial charge in [-0.05, 0) is 32.6 Å². The van der Waals surface area contributed by atoms with Crippen molar-refractivity contribution in [2.24, 2.45) is 11.7 Å². The smallest absolute Gasteiger partial charge is 0.132 e. The van der Waals surface area contributed by atoms with Crippen LogP contribution < -0.4 is 10.6 Å². The number of aromatic nitrogens is 2. The molecule has 2 rings (SSSR count). The zero-order valence-corrected chi connectivity index (χ0v) is 11.0. The van der Waals surface area contributed by atoms with Crippen LogP contribution in [0, 0.1) is 19.8 Å². The number of anilines is 1. The van der Waals surface area contributed by atoms with Crippen LogP contribution in [0.3, 0.4) is 0 Å².